The van der Waals surface area contributed by atoms with E-state index in [1.807, 2.05) is 12.1 Å². The lowest BCUT2D eigenvalue weighted by atomic mass is 10.1. The van der Waals surface area contributed by atoms with Crippen LogP contribution in [0.15, 0.2) is 47.0 Å². The third kappa shape index (κ3) is 2.48. The highest BCUT2D eigenvalue weighted by molar-refractivity contribution is 5.61. The average molecular weight is 264 g/mol. The molecule has 2 aromatic carbocycles. The van der Waals surface area contributed by atoms with Crippen molar-refractivity contribution in [3.63, 3.8) is 0 Å². The summed E-state index contributed by atoms with van der Waals surface area (Å²) in [6, 6.07) is 14.3. The van der Waals surface area contributed by atoms with Crippen LogP contribution in [0.1, 0.15) is 16.7 Å². The number of benzene rings is 2. The molecule has 0 radical (unpaired) electrons. The topological polar surface area (TPSA) is 38.9 Å². The number of aryl methyl sites for hydroxylation is 3. The van der Waals surface area contributed by atoms with Crippen molar-refractivity contribution in [1.82, 2.24) is 10.1 Å². The molecular weight excluding hydrogens is 248 g/mol. The van der Waals surface area contributed by atoms with Crippen LogP contribution in [0.3, 0.4) is 0 Å². The first-order valence-electron chi connectivity index (χ1n) is 6.61. The van der Waals surface area contributed by atoms with Gasteiger partial charge >= 0.3 is 0 Å². The zero-order valence-corrected chi connectivity index (χ0v) is 11.8. The van der Waals surface area contributed by atoms with Gasteiger partial charge in [-0.05, 0) is 39.0 Å². The molecule has 0 aliphatic carbocycles. The first kappa shape index (κ1) is 12.6. The van der Waals surface area contributed by atoms with Gasteiger partial charge in [0.25, 0.3) is 5.89 Å². The van der Waals surface area contributed by atoms with E-state index >= 15 is 0 Å². The molecule has 0 unspecified atom stereocenters. The van der Waals surface area contributed by atoms with Gasteiger partial charge in [0, 0.05) is 11.1 Å². The van der Waals surface area contributed by atoms with Crippen molar-refractivity contribution in [1.29, 1.82) is 0 Å². The minimum Gasteiger partial charge on any atom is -0.334 e. The summed E-state index contributed by atoms with van der Waals surface area (Å²) >= 11 is 0. The SMILES string of the molecule is Cc1cccc(-c2noc(-c3cc(C)cc(C)c3)n2)c1. The van der Waals surface area contributed by atoms with Crippen LogP contribution in [0.4, 0.5) is 0 Å². The quantitative estimate of drug-likeness (QED) is 0.691. The zero-order valence-electron chi connectivity index (χ0n) is 11.8. The molecular formula is C17H16N2O. The van der Waals surface area contributed by atoms with Crippen LogP contribution >= 0.6 is 0 Å². The van der Waals surface area contributed by atoms with E-state index in [0.717, 1.165) is 11.1 Å². The molecule has 0 saturated heterocycles. The molecule has 0 fully saturated rings. The Balaban J connectivity index is 2.02. The van der Waals surface area contributed by atoms with E-state index in [-0.39, 0.29) is 0 Å². The zero-order chi connectivity index (χ0) is 14.1. The van der Waals surface area contributed by atoms with Gasteiger partial charge in [-0.2, -0.15) is 4.98 Å². The first-order chi connectivity index (χ1) is 9.61. The van der Waals surface area contributed by atoms with Crippen LogP contribution in [-0.4, -0.2) is 10.1 Å². The highest BCUT2D eigenvalue weighted by atomic mass is 16.5. The molecule has 0 N–H and O–H groups in total. The molecule has 0 atom stereocenters. The van der Waals surface area contributed by atoms with Gasteiger partial charge in [0.15, 0.2) is 0 Å². The number of hydrogen-bond acceptors (Lipinski definition) is 3. The maximum Gasteiger partial charge on any atom is 0.258 e. The predicted octanol–water partition coefficient (Wildman–Crippen LogP) is 4.33. The smallest absolute Gasteiger partial charge is 0.258 e. The van der Waals surface area contributed by atoms with E-state index in [1.165, 1.54) is 16.7 Å². The predicted molar refractivity (Wildman–Crippen MR) is 79.4 cm³/mol. The summed E-state index contributed by atoms with van der Waals surface area (Å²) in [6.07, 6.45) is 0. The average Bonchev–Trinajstić information content (AvgIpc) is 2.87. The number of hydrogen-bond donors (Lipinski definition) is 0. The van der Waals surface area contributed by atoms with Crippen molar-refractivity contribution in [2.24, 2.45) is 0 Å². The standard InChI is InChI=1S/C17H16N2O/c1-11-5-4-6-14(8-11)16-18-17(20-19-16)15-9-12(2)7-13(3)10-15/h4-10H,1-3H3. The second kappa shape index (κ2) is 4.93. The number of aromatic nitrogens is 2. The van der Waals surface area contributed by atoms with Gasteiger partial charge in [0.1, 0.15) is 0 Å². The maximum atomic E-state index is 5.39. The summed E-state index contributed by atoms with van der Waals surface area (Å²) in [5.41, 5.74) is 5.50. The third-order valence-corrected chi connectivity index (χ3v) is 3.17. The lowest BCUT2D eigenvalue weighted by Crippen LogP contribution is -1.84. The molecule has 3 heteroatoms. The second-order valence-electron chi connectivity index (χ2n) is 5.17. The maximum absolute atomic E-state index is 5.39. The van der Waals surface area contributed by atoms with Gasteiger partial charge in [-0.1, -0.05) is 46.1 Å². The van der Waals surface area contributed by atoms with Crippen molar-refractivity contribution >= 4 is 0 Å². The number of rotatable bonds is 2. The van der Waals surface area contributed by atoms with E-state index in [2.05, 4.69) is 61.2 Å². The molecule has 0 amide bonds. The fraction of sp³-hybridized carbons (Fsp3) is 0.176. The largest absolute Gasteiger partial charge is 0.334 e. The molecule has 0 spiro atoms. The van der Waals surface area contributed by atoms with E-state index in [4.69, 9.17) is 4.52 Å². The fourth-order valence-corrected chi connectivity index (χ4v) is 2.34. The van der Waals surface area contributed by atoms with Gasteiger partial charge in [0.05, 0.1) is 0 Å². The molecule has 20 heavy (non-hydrogen) atoms. The van der Waals surface area contributed by atoms with Gasteiger partial charge in [-0.3, -0.25) is 0 Å². The van der Waals surface area contributed by atoms with Crippen LogP contribution in [0, 0.1) is 20.8 Å². The Kier molecular flexibility index (Phi) is 3.11. The van der Waals surface area contributed by atoms with Crippen molar-refractivity contribution in [3.8, 4) is 22.8 Å². The Morgan fingerprint density at radius 3 is 2.20 bits per heavy atom. The Hall–Kier alpha value is -2.42. The number of nitrogens with zero attached hydrogens (tertiary/aromatic N) is 2. The molecule has 0 bridgehead atoms. The lowest BCUT2D eigenvalue weighted by Gasteiger charge is -1.99. The molecule has 0 aliphatic rings. The van der Waals surface area contributed by atoms with E-state index in [1.54, 1.807) is 0 Å². The first-order valence-corrected chi connectivity index (χ1v) is 6.61. The fourth-order valence-electron chi connectivity index (χ4n) is 2.34. The molecule has 3 aromatic rings. The summed E-state index contributed by atoms with van der Waals surface area (Å²) in [5.74, 6) is 1.19. The monoisotopic (exact) mass is 264 g/mol. The molecule has 3 rings (SSSR count). The van der Waals surface area contributed by atoms with Crippen molar-refractivity contribution in [3.05, 3.63) is 59.2 Å². The van der Waals surface area contributed by atoms with Crippen LogP contribution < -0.4 is 0 Å². The van der Waals surface area contributed by atoms with Crippen molar-refractivity contribution in [2.45, 2.75) is 20.8 Å². The normalized spacial score (nSPS) is 10.8. The van der Waals surface area contributed by atoms with Crippen LogP contribution in [0.25, 0.3) is 22.8 Å². The van der Waals surface area contributed by atoms with Gasteiger partial charge in [0.2, 0.25) is 5.82 Å². The Labute approximate surface area is 118 Å². The van der Waals surface area contributed by atoms with E-state index in [9.17, 15) is 0 Å². The van der Waals surface area contributed by atoms with Crippen molar-refractivity contribution < 1.29 is 4.52 Å². The summed E-state index contributed by atoms with van der Waals surface area (Å²) in [7, 11) is 0. The summed E-state index contributed by atoms with van der Waals surface area (Å²) in [4.78, 5) is 4.50. The molecule has 0 saturated carbocycles. The lowest BCUT2D eigenvalue weighted by molar-refractivity contribution is 0.432. The minimum atomic E-state index is 0.563. The molecule has 0 aliphatic heterocycles. The minimum absolute atomic E-state index is 0.563. The van der Waals surface area contributed by atoms with E-state index < -0.39 is 0 Å². The molecule has 3 nitrogen and oxygen atoms in total. The summed E-state index contributed by atoms with van der Waals surface area (Å²) < 4.78 is 5.39. The Morgan fingerprint density at radius 1 is 0.800 bits per heavy atom. The summed E-state index contributed by atoms with van der Waals surface area (Å²) in [5, 5.41) is 4.08. The van der Waals surface area contributed by atoms with Crippen LogP contribution in [0.2, 0.25) is 0 Å². The van der Waals surface area contributed by atoms with Gasteiger partial charge in [-0.25, -0.2) is 0 Å². The molecule has 1 heterocycles. The van der Waals surface area contributed by atoms with E-state index in [0.29, 0.717) is 11.7 Å². The summed E-state index contributed by atoms with van der Waals surface area (Å²) in [6.45, 7) is 6.18. The van der Waals surface area contributed by atoms with Crippen LogP contribution in [0.5, 0.6) is 0 Å². The third-order valence-electron chi connectivity index (χ3n) is 3.17. The van der Waals surface area contributed by atoms with Gasteiger partial charge in [-0.15, -0.1) is 0 Å². The Bertz CT molecular complexity index is 739. The van der Waals surface area contributed by atoms with Gasteiger partial charge < -0.3 is 4.52 Å². The molecule has 100 valence electrons. The van der Waals surface area contributed by atoms with Crippen molar-refractivity contribution in [2.75, 3.05) is 0 Å². The highest BCUT2D eigenvalue weighted by Gasteiger charge is 2.11. The van der Waals surface area contributed by atoms with Crippen LogP contribution in [-0.2, 0) is 0 Å². The highest BCUT2D eigenvalue weighted by Crippen LogP contribution is 2.24. The Morgan fingerprint density at radius 2 is 1.50 bits per heavy atom. The molecule has 1 aromatic heterocycles. The second-order valence-corrected chi connectivity index (χ2v) is 5.17.